The number of allylic oxidation sites excluding steroid dienone is 1. The van der Waals surface area contributed by atoms with E-state index in [1.807, 2.05) is 20.8 Å². The maximum absolute atomic E-state index is 11.9. The van der Waals surface area contributed by atoms with E-state index in [2.05, 4.69) is 31.2 Å². The number of hydrogen-bond donors (Lipinski definition) is 2. The Hall–Kier alpha value is -1.69. The molecule has 102 valence electrons. The van der Waals surface area contributed by atoms with Crippen LogP contribution in [0.2, 0.25) is 0 Å². The van der Waals surface area contributed by atoms with Gasteiger partial charge in [0.1, 0.15) is 5.69 Å². The Morgan fingerprint density at radius 2 is 2.21 bits per heavy atom. The lowest BCUT2D eigenvalue weighted by Crippen LogP contribution is -2.28. The number of pyridine rings is 1. The summed E-state index contributed by atoms with van der Waals surface area (Å²) in [6, 6.07) is 3.51. The molecule has 0 aromatic carbocycles. The molecule has 19 heavy (non-hydrogen) atoms. The standard InChI is InChI=1S/C13H17BrN4O/c1-13(2,3)12(19)18-11-10(5-4-6-16-11)17-8-9(14)7-15/h4-8H,15H2,1-3H3,(H,16,18,19)/b9-7+,17-8?. The number of amides is 1. The van der Waals surface area contributed by atoms with Crippen molar-refractivity contribution in [2.75, 3.05) is 5.32 Å². The van der Waals surface area contributed by atoms with Crippen LogP contribution in [0.5, 0.6) is 0 Å². The molecule has 1 aromatic rings. The highest BCUT2D eigenvalue weighted by atomic mass is 79.9. The molecule has 0 aliphatic rings. The van der Waals surface area contributed by atoms with Gasteiger partial charge in [0.2, 0.25) is 5.91 Å². The van der Waals surface area contributed by atoms with E-state index < -0.39 is 5.41 Å². The Morgan fingerprint density at radius 3 is 2.79 bits per heavy atom. The van der Waals surface area contributed by atoms with Gasteiger partial charge in [0.05, 0.1) is 4.48 Å². The molecule has 0 fully saturated rings. The zero-order chi connectivity index (χ0) is 14.5. The number of hydrogen-bond acceptors (Lipinski definition) is 4. The molecule has 0 aliphatic heterocycles. The number of aromatic nitrogens is 1. The summed E-state index contributed by atoms with van der Waals surface area (Å²) >= 11 is 3.22. The van der Waals surface area contributed by atoms with Crippen molar-refractivity contribution >= 4 is 39.6 Å². The van der Waals surface area contributed by atoms with Crippen molar-refractivity contribution in [3.05, 3.63) is 29.0 Å². The topological polar surface area (TPSA) is 80.4 Å². The fourth-order valence-corrected chi connectivity index (χ4v) is 1.17. The van der Waals surface area contributed by atoms with E-state index in [-0.39, 0.29) is 5.91 Å². The normalized spacial score (nSPS) is 12.7. The molecule has 0 saturated carbocycles. The smallest absolute Gasteiger partial charge is 0.230 e. The average Bonchev–Trinajstić information content (AvgIpc) is 2.36. The molecule has 0 saturated heterocycles. The molecule has 1 rings (SSSR count). The highest BCUT2D eigenvalue weighted by Crippen LogP contribution is 2.24. The summed E-state index contributed by atoms with van der Waals surface area (Å²) in [7, 11) is 0. The lowest BCUT2D eigenvalue weighted by Gasteiger charge is -2.17. The highest BCUT2D eigenvalue weighted by Gasteiger charge is 2.22. The minimum Gasteiger partial charge on any atom is -0.404 e. The molecule has 0 unspecified atom stereocenters. The molecule has 0 bridgehead atoms. The number of nitrogens with one attached hydrogen (secondary N) is 1. The summed E-state index contributed by atoms with van der Waals surface area (Å²) < 4.78 is 0.643. The number of aliphatic imine (C=N–C) groups is 1. The first-order valence-electron chi connectivity index (χ1n) is 5.72. The molecule has 3 N–H and O–H groups in total. The lowest BCUT2D eigenvalue weighted by atomic mass is 9.96. The molecular weight excluding hydrogens is 308 g/mol. The SMILES string of the molecule is CC(C)(C)C(=O)Nc1ncccc1N=C/C(Br)=C\N. The van der Waals surface area contributed by atoms with Gasteiger partial charge in [-0.3, -0.25) is 9.79 Å². The third kappa shape index (κ3) is 4.82. The molecular formula is C13H17BrN4O. The van der Waals surface area contributed by atoms with Crippen molar-refractivity contribution in [2.24, 2.45) is 16.1 Å². The number of nitrogens with zero attached hydrogens (tertiary/aromatic N) is 2. The Labute approximate surface area is 121 Å². The molecule has 1 aromatic heterocycles. The third-order valence-electron chi connectivity index (χ3n) is 2.19. The van der Waals surface area contributed by atoms with Gasteiger partial charge in [-0.1, -0.05) is 20.8 Å². The second kappa shape index (κ2) is 6.47. The predicted molar refractivity (Wildman–Crippen MR) is 81.7 cm³/mol. The van der Waals surface area contributed by atoms with Gasteiger partial charge in [0.15, 0.2) is 5.82 Å². The van der Waals surface area contributed by atoms with E-state index in [1.165, 1.54) is 6.20 Å². The summed E-state index contributed by atoms with van der Waals surface area (Å²) in [6.45, 7) is 5.51. The summed E-state index contributed by atoms with van der Waals surface area (Å²) in [5.41, 5.74) is 5.41. The van der Waals surface area contributed by atoms with Crippen LogP contribution < -0.4 is 11.1 Å². The van der Waals surface area contributed by atoms with Gasteiger partial charge in [-0.2, -0.15) is 0 Å². The van der Waals surface area contributed by atoms with E-state index in [9.17, 15) is 4.79 Å². The summed E-state index contributed by atoms with van der Waals surface area (Å²) in [4.78, 5) is 20.3. The van der Waals surface area contributed by atoms with Gasteiger partial charge in [-0.25, -0.2) is 4.98 Å². The number of nitrogens with two attached hydrogens (primary N) is 1. The van der Waals surface area contributed by atoms with Crippen LogP contribution in [0.4, 0.5) is 11.5 Å². The third-order valence-corrected chi connectivity index (χ3v) is 2.65. The van der Waals surface area contributed by atoms with Crippen molar-refractivity contribution in [3.8, 4) is 0 Å². The van der Waals surface area contributed by atoms with Gasteiger partial charge in [0, 0.05) is 24.0 Å². The first-order chi connectivity index (χ1) is 8.84. The molecule has 1 heterocycles. The molecule has 0 radical (unpaired) electrons. The number of halogens is 1. The fourth-order valence-electron chi connectivity index (χ4n) is 1.07. The maximum Gasteiger partial charge on any atom is 0.230 e. The second-order valence-corrected chi connectivity index (χ2v) is 5.80. The number of rotatable bonds is 3. The summed E-state index contributed by atoms with van der Waals surface area (Å²) in [5.74, 6) is 0.312. The molecule has 0 spiro atoms. The van der Waals surface area contributed by atoms with E-state index in [1.54, 1.807) is 24.5 Å². The van der Waals surface area contributed by atoms with E-state index >= 15 is 0 Å². The zero-order valence-corrected chi connectivity index (χ0v) is 12.7. The van der Waals surface area contributed by atoms with Crippen molar-refractivity contribution in [1.82, 2.24) is 4.98 Å². The Morgan fingerprint density at radius 1 is 1.53 bits per heavy atom. The first-order valence-corrected chi connectivity index (χ1v) is 6.52. The van der Waals surface area contributed by atoms with Crippen LogP contribution in [-0.2, 0) is 4.79 Å². The maximum atomic E-state index is 11.9. The van der Waals surface area contributed by atoms with Gasteiger partial charge < -0.3 is 11.1 Å². The molecule has 6 heteroatoms. The van der Waals surface area contributed by atoms with Crippen molar-refractivity contribution in [2.45, 2.75) is 20.8 Å². The summed E-state index contributed by atoms with van der Waals surface area (Å²) in [6.07, 6.45) is 4.53. The highest BCUT2D eigenvalue weighted by molar-refractivity contribution is 9.12. The van der Waals surface area contributed by atoms with Crippen LogP contribution in [0.25, 0.3) is 0 Å². The minimum atomic E-state index is -0.490. The average molecular weight is 325 g/mol. The number of carbonyl (C=O) groups excluding carboxylic acids is 1. The monoisotopic (exact) mass is 324 g/mol. The summed E-state index contributed by atoms with van der Waals surface area (Å²) in [5, 5.41) is 2.76. The Kier molecular flexibility index (Phi) is 5.23. The minimum absolute atomic E-state index is 0.115. The Bertz CT molecular complexity index is 518. The second-order valence-electron chi connectivity index (χ2n) is 4.89. The fraction of sp³-hybridized carbons (Fsp3) is 0.308. The quantitative estimate of drug-likeness (QED) is 0.839. The Balaban J connectivity index is 2.97. The first kappa shape index (κ1) is 15.4. The van der Waals surface area contributed by atoms with Crippen LogP contribution in [0, 0.1) is 5.41 Å². The van der Waals surface area contributed by atoms with E-state index in [4.69, 9.17) is 5.73 Å². The molecule has 5 nitrogen and oxygen atoms in total. The van der Waals surface area contributed by atoms with E-state index in [0.717, 1.165) is 0 Å². The van der Waals surface area contributed by atoms with Crippen molar-refractivity contribution in [1.29, 1.82) is 0 Å². The van der Waals surface area contributed by atoms with Crippen LogP contribution in [0.1, 0.15) is 20.8 Å². The lowest BCUT2D eigenvalue weighted by molar-refractivity contribution is -0.123. The van der Waals surface area contributed by atoms with Gasteiger partial charge >= 0.3 is 0 Å². The molecule has 0 atom stereocenters. The van der Waals surface area contributed by atoms with Crippen LogP contribution in [0.15, 0.2) is 34.0 Å². The van der Waals surface area contributed by atoms with Crippen LogP contribution in [-0.4, -0.2) is 17.1 Å². The van der Waals surface area contributed by atoms with Gasteiger partial charge in [0.25, 0.3) is 0 Å². The number of carbonyl (C=O) groups is 1. The zero-order valence-electron chi connectivity index (χ0n) is 11.1. The van der Waals surface area contributed by atoms with Gasteiger partial charge in [-0.15, -0.1) is 0 Å². The molecule has 0 aliphatic carbocycles. The van der Waals surface area contributed by atoms with Crippen LogP contribution in [0.3, 0.4) is 0 Å². The predicted octanol–water partition coefficient (Wildman–Crippen LogP) is 2.96. The van der Waals surface area contributed by atoms with Crippen molar-refractivity contribution < 1.29 is 4.79 Å². The van der Waals surface area contributed by atoms with Crippen molar-refractivity contribution in [3.63, 3.8) is 0 Å². The molecule has 1 amide bonds. The largest absolute Gasteiger partial charge is 0.404 e. The van der Waals surface area contributed by atoms with E-state index in [0.29, 0.717) is 16.0 Å². The van der Waals surface area contributed by atoms with Crippen LogP contribution >= 0.6 is 15.9 Å². The van der Waals surface area contributed by atoms with Gasteiger partial charge in [-0.05, 0) is 28.1 Å². The number of anilines is 1.